The van der Waals surface area contributed by atoms with Crippen molar-refractivity contribution < 1.29 is 18.0 Å². The van der Waals surface area contributed by atoms with E-state index in [0.29, 0.717) is 23.3 Å². The first-order valence-electron chi connectivity index (χ1n) is 11.1. The summed E-state index contributed by atoms with van der Waals surface area (Å²) in [6.07, 6.45) is 2.06. The number of fused-ring (bicyclic) bond motifs is 1. The van der Waals surface area contributed by atoms with Gasteiger partial charge in [0.25, 0.3) is 0 Å². The lowest BCUT2D eigenvalue weighted by molar-refractivity contribution is -0.0457. The molecule has 180 valence electrons. The Morgan fingerprint density at radius 3 is 2.06 bits per heavy atom. The molecule has 1 aliphatic heterocycles. The number of aryl methyl sites for hydroxylation is 1. The normalized spacial score (nSPS) is 25.1. The third-order valence-electron chi connectivity index (χ3n) is 4.92. The van der Waals surface area contributed by atoms with Crippen molar-refractivity contribution in [2.75, 3.05) is 6.61 Å². The van der Waals surface area contributed by atoms with Crippen LogP contribution >= 0.6 is 0 Å². The van der Waals surface area contributed by atoms with E-state index in [9.17, 15) is 0 Å². The molecular weight excluding hydrogens is 459 g/mol. The number of nitrogens with one attached hydrogen (secondary N) is 1. The number of rotatable bonds is 8. The smallest absolute Gasteiger partial charge is 0.184 e. The Balaban J connectivity index is 2.06. The molecule has 1 aliphatic rings. The highest BCUT2D eigenvalue weighted by molar-refractivity contribution is 6.70. The maximum Gasteiger partial charge on any atom is 0.184 e. The number of hydrogen-bond donors (Lipinski definition) is 1. The van der Waals surface area contributed by atoms with Crippen molar-refractivity contribution in [2.45, 2.75) is 83.5 Å². The first kappa shape index (κ1) is 25.5. The molecule has 0 amide bonds. The zero-order valence-corrected chi connectivity index (χ0v) is 24.1. The largest absolute Gasteiger partial charge is 0.415 e. The molecule has 0 aliphatic carbocycles. The van der Waals surface area contributed by atoms with Crippen molar-refractivity contribution in [1.29, 1.82) is 5.41 Å². The van der Waals surface area contributed by atoms with Crippen LogP contribution in [0.5, 0.6) is 0 Å². The number of ether oxygens (including phenoxy) is 1. The molecule has 32 heavy (non-hydrogen) atoms. The second-order valence-electron chi connectivity index (χ2n) is 11.4. The molecule has 0 bridgehead atoms. The van der Waals surface area contributed by atoms with Crippen molar-refractivity contribution in [2.24, 2.45) is 7.05 Å². The van der Waals surface area contributed by atoms with Gasteiger partial charge in [0.2, 0.25) is 0 Å². The summed E-state index contributed by atoms with van der Waals surface area (Å²) in [6.45, 7) is 20.1. The third-order valence-corrected chi connectivity index (χ3v) is 7.91. The average Bonchev–Trinajstić information content (AvgIpc) is 3.16. The average molecular weight is 498 g/mol. The summed E-state index contributed by atoms with van der Waals surface area (Å²) in [5, 5.41) is 8.35. The minimum absolute atomic E-state index is 0.248. The van der Waals surface area contributed by atoms with Gasteiger partial charge in [-0.1, -0.05) is 0 Å². The first-order chi connectivity index (χ1) is 14.6. The van der Waals surface area contributed by atoms with Crippen LogP contribution in [-0.2, 0) is 25.1 Å². The van der Waals surface area contributed by atoms with Crippen LogP contribution in [0.15, 0.2) is 12.7 Å². The molecule has 0 saturated carbocycles. The number of imidazole rings is 1. The highest BCUT2D eigenvalue weighted by atomic mass is 28.4. The maximum absolute atomic E-state index is 8.35. The van der Waals surface area contributed by atoms with Crippen LogP contribution in [0.1, 0.15) is 6.23 Å². The second-order valence-corrected chi connectivity index (χ2v) is 24.8. The molecule has 0 radical (unpaired) electrons. The fourth-order valence-corrected chi connectivity index (χ4v) is 6.52. The van der Waals surface area contributed by atoms with Gasteiger partial charge in [-0.25, -0.2) is 9.97 Å². The van der Waals surface area contributed by atoms with Crippen LogP contribution in [0, 0.1) is 5.41 Å². The van der Waals surface area contributed by atoms with Gasteiger partial charge in [-0.2, -0.15) is 0 Å². The van der Waals surface area contributed by atoms with Crippen LogP contribution in [0.3, 0.4) is 0 Å². The molecule has 1 saturated heterocycles. The predicted octanol–water partition coefficient (Wildman–Crippen LogP) is 3.44. The minimum Gasteiger partial charge on any atom is -0.415 e. The number of hydrogen-bond acceptors (Lipinski definition) is 7. The molecule has 3 rings (SSSR count). The van der Waals surface area contributed by atoms with Gasteiger partial charge in [-0.05, 0) is 58.9 Å². The second kappa shape index (κ2) is 8.89. The maximum atomic E-state index is 8.35. The molecule has 3 heterocycles. The molecule has 9 nitrogen and oxygen atoms in total. The SMILES string of the molecule is Cn1cnc2c(ncn2C2OC(CO[Si](C)(C)C)C(O[Si](C)(C)C)C2O[Si](C)(C)C)c1=N. The van der Waals surface area contributed by atoms with E-state index < -0.39 is 31.2 Å². The summed E-state index contributed by atoms with van der Waals surface area (Å²) in [6, 6.07) is 0. The zero-order valence-electron chi connectivity index (χ0n) is 21.1. The Bertz CT molecular complexity index is 1010. The van der Waals surface area contributed by atoms with Crippen LogP contribution < -0.4 is 5.49 Å². The Hall–Kier alpha value is -1.16. The van der Waals surface area contributed by atoms with Gasteiger partial charge in [0.1, 0.15) is 23.8 Å². The molecule has 2 aromatic rings. The summed E-state index contributed by atoms with van der Waals surface area (Å²) in [5.74, 6) is 0. The van der Waals surface area contributed by atoms with Crippen LogP contribution in [0.2, 0.25) is 58.9 Å². The first-order valence-corrected chi connectivity index (χ1v) is 21.4. The van der Waals surface area contributed by atoms with Gasteiger partial charge in [0.15, 0.2) is 42.3 Å². The molecule has 4 atom stereocenters. The summed E-state index contributed by atoms with van der Waals surface area (Å²) in [4.78, 5) is 9.03. The predicted molar refractivity (Wildman–Crippen MR) is 132 cm³/mol. The lowest BCUT2D eigenvalue weighted by Gasteiger charge is -2.34. The van der Waals surface area contributed by atoms with E-state index in [2.05, 4.69) is 68.9 Å². The van der Waals surface area contributed by atoms with Gasteiger partial charge < -0.3 is 22.6 Å². The van der Waals surface area contributed by atoms with Crippen LogP contribution in [0.4, 0.5) is 0 Å². The third kappa shape index (κ3) is 6.04. The van der Waals surface area contributed by atoms with Crippen LogP contribution in [0.25, 0.3) is 11.2 Å². The van der Waals surface area contributed by atoms with E-state index >= 15 is 0 Å². The Morgan fingerprint density at radius 1 is 0.906 bits per heavy atom. The minimum atomic E-state index is -1.94. The molecule has 0 spiro atoms. The van der Waals surface area contributed by atoms with E-state index in [1.807, 2.05) is 4.57 Å². The number of aromatic nitrogens is 4. The van der Waals surface area contributed by atoms with E-state index in [1.54, 1.807) is 24.3 Å². The highest BCUT2D eigenvalue weighted by Crippen LogP contribution is 2.38. The summed E-state index contributed by atoms with van der Waals surface area (Å²) < 4.78 is 29.8. The monoisotopic (exact) mass is 497 g/mol. The lowest BCUT2D eigenvalue weighted by Crippen LogP contribution is -2.48. The van der Waals surface area contributed by atoms with Gasteiger partial charge in [-0.15, -0.1) is 0 Å². The summed E-state index contributed by atoms with van der Waals surface area (Å²) in [5.41, 5.74) is 1.46. The van der Waals surface area contributed by atoms with Crippen molar-refractivity contribution >= 4 is 36.1 Å². The molecule has 2 aromatic heterocycles. The zero-order chi connectivity index (χ0) is 24.1. The van der Waals surface area contributed by atoms with Crippen molar-refractivity contribution in [1.82, 2.24) is 19.1 Å². The molecule has 4 unspecified atom stereocenters. The Kier molecular flexibility index (Phi) is 7.07. The summed E-state index contributed by atoms with van der Waals surface area (Å²) >= 11 is 0. The standard InChI is InChI=1S/C20H39N5O4Si3/c1-24-12-23-19-15(18(24)21)22-13-25(19)20-17(29-32(8,9)10)16(28-31(5,6)7)14(27-20)11-26-30(2,3)4/h12-14,16-17,20-21H,11H2,1-10H3. The van der Waals surface area contributed by atoms with E-state index in [-0.39, 0.29) is 18.3 Å². The van der Waals surface area contributed by atoms with Crippen LogP contribution in [-0.4, -0.2) is 69.0 Å². The van der Waals surface area contributed by atoms with Crippen molar-refractivity contribution in [3.8, 4) is 0 Å². The highest BCUT2D eigenvalue weighted by Gasteiger charge is 2.50. The van der Waals surface area contributed by atoms with E-state index in [0.717, 1.165) is 0 Å². The van der Waals surface area contributed by atoms with E-state index in [1.165, 1.54) is 0 Å². The molecule has 0 aromatic carbocycles. The topological polar surface area (TPSA) is 96.4 Å². The molecule has 1 N–H and O–H groups in total. The fourth-order valence-electron chi connectivity index (χ4n) is 3.68. The Labute approximate surface area is 194 Å². The summed E-state index contributed by atoms with van der Waals surface area (Å²) in [7, 11) is -3.80. The molecule has 1 fully saturated rings. The van der Waals surface area contributed by atoms with Gasteiger partial charge in [0.05, 0.1) is 19.3 Å². The van der Waals surface area contributed by atoms with Gasteiger partial charge >= 0.3 is 0 Å². The fraction of sp³-hybridized carbons (Fsp3) is 0.750. The van der Waals surface area contributed by atoms with Gasteiger partial charge in [-0.3, -0.25) is 9.98 Å². The Morgan fingerprint density at radius 2 is 1.50 bits per heavy atom. The molecular formula is C20H39N5O4Si3. The molecule has 12 heteroatoms. The van der Waals surface area contributed by atoms with Crippen molar-refractivity contribution in [3.63, 3.8) is 0 Å². The van der Waals surface area contributed by atoms with E-state index in [4.69, 9.17) is 23.4 Å². The van der Waals surface area contributed by atoms with Gasteiger partial charge in [0, 0.05) is 7.05 Å². The quantitative estimate of drug-likeness (QED) is 0.561. The lowest BCUT2D eigenvalue weighted by atomic mass is 10.1. The number of nitrogens with zero attached hydrogens (tertiary/aromatic N) is 4. The van der Waals surface area contributed by atoms with Crippen molar-refractivity contribution in [3.05, 3.63) is 18.1 Å².